The lowest BCUT2D eigenvalue weighted by atomic mass is 10.2. The first-order valence-corrected chi connectivity index (χ1v) is 7.16. The van der Waals surface area contributed by atoms with E-state index in [0.29, 0.717) is 13.0 Å². The quantitative estimate of drug-likeness (QED) is 0.748. The lowest BCUT2D eigenvalue weighted by molar-refractivity contribution is 0.0528. The van der Waals surface area contributed by atoms with Gasteiger partial charge in [0.15, 0.2) is 0 Å². The maximum atomic E-state index is 11.2. The van der Waals surface area contributed by atoms with Crippen LogP contribution in [0.3, 0.4) is 0 Å². The Bertz CT molecular complexity index is 316. The first kappa shape index (κ1) is 15.2. The van der Waals surface area contributed by atoms with Crippen molar-refractivity contribution in [2.75, 3.05) is 18.1 Å². The Morgan fingerprint density at radius 2 is 1.88 bits per heavy atom. The van der Waals surface area contributed by atoms with Gasteiger partial charge in [-0.1, -0.05) is 6.92 Å². The van der Waals surface area contributed by atoms with Crippen molar-refractivity contribution in [2.45, 2.75) is 39.7 Å². The van der Waals surface area contributed by atoms with Crippen LogP contribution in [0.1, 0.15) is 34.1 Å². The Morgan fingerprint density at radius 1 is 1.31 bits per heavy atom. The highest BCUT2D eigenvalue weighted by Gasteiger charge is 2.15. The molecule has 0 bridgehead atoms. The van der Waals surface area contributed by atoms with E-state index in [-0.39, 0.29) is 11.5 Å². The predicted molar refractivity (Wildman–Crippen MR) is 63.2 cm³/mol. The van der Waals surface area contributed by atoms with Gasteiger partial charge in [0.25, 0.3) is 0 Å². The van der Waals surface area contributed by atoms with Crippen LogP contribution in [-0.2, 0) is 14.6 Å². The standard InChI is InChI=1S/C10H21NO4S/c1-5-16(13,14)8-6-7-11-9(12)15-10(2,3)4/h5-8H2,1-4H3,(H,11,12). The van der Waals surface area contributed by atoms with Gasteiger partial charge in [-0.05, 0) is 27.2 Å². The number of sulfone groups is 1. The minimum Gasteiger partial charge on any atom is -0.444 e. The summed E-state index contributed by atoms with van der Waals surface area (Å²) in [6.07, 6.45) is -0.100. The number of rotatable bonds is 5. The van der Waals surface area contributed by atoms with Gasteiger partial charge < -0.3 is 10.1 Å². The van der Waals surface area contributed by atoms with Gasteiger partial charge in [-0.2, -0.15) is 0 Å². The van der Waals surface area contributed by atoms with Crippen molar-refractivity contribution < 1.29 is 17.9 Å². The van der Waals surface area contributed by atoms with E-state index in [2.05, 4.69) is 5.32 Å². The summed E-state index contributed by atoms with van der Waals surface area (Å²) >= 11 is 0. The molecule has 0 saturated heterocycles. The van der Waals surface area contributed by atoms with Gasteiger partial charge >= 0.3 is 6.09 Å². The number of hydrogen-bond acceptors (Lipinski definition) is 4. The first-order chi connectivity index (χ1) is 7.16. The molecule has 1 N–H and O–H groups in total. The van der Waals surface area contributed by atoms with E-state index in [1.54, 1.807) is 27.7 Å². The van der Waals surface area contributed by atoms with Crippen molar-refractivity contribution in [2.24, 2.45) is 0 Å². The van der Waals surface area contributed by atoms with E-state index < -0.39 is 21.5 Å². The van der Waals surface area contributed by atoms with Crippen molar-refractivity contribution in [1.82, 2.24) is 5.32 Å². The molecule has 0 saturated carbocycles. The zero-order valence-electron chi connectivity index (χ0n) is 10.4. The molecule has 0 aromatic rings. The summed E-state index contributed by atoms with van der Waals surface area (Å²) in [6.45, 7) is 7.24. The van der Waals surface area contributed by atoms with Gasteiger partial charge in [0.05, 0.1) is 5.75 Å². The second-order valence-electron chi connectivity index (χ2n) is 4.52. The molecule has 0 unspecified atom stereocenters. The highest BCUT2D eigenvalue weighted by molar-refractivity contribution is 7.91. The van der Waals surface area contributed by atoms with Crippen LogP contribution in [0, 0.1) is 0 Å². The number of carbonyl (C=O) groups is 1. The molecular weight excluding hydrogens is 230 g/mol. The third-order valence-corrected chi connectivity index (χ3v) is 3.53. The normalized spacial score (nSPS) is 12.2. The molecule has 0 aromatic carbocycles. The lowest BCUT2D eigenvalue weighted by Gasteiger charge is -2.19. The molecule has 16 heavy (non-hydrogen) atoms. The second kappa shape index (κ2) is 6.08. The van der Waals surface area contributed by atoms with E-state index in [1.165, 1.54) is 0 Å². The monoisotopic (exact) mass is 251 g/mol. The molecule has 0 spiro atoms. The van der Waals surface area contributed by atoms with Crippen molar-refractivity contribution in [3.05, 3.63) is 0 Å². The van der Waals surface area contributed by atoms with Crippen LogP contribution < -0.4 is 5.32 Å². The second-order valence-corrected chi connectivity index (χ2v) is 6.99. The van der Waals surface area contributed by atoms with Crippen molar-refractivity contribution in [1.29, 1.82) is 0 Å². The Kier molecular flexibility index (Phi) is 5.78. The fraction of sp³-hybridized carbons (Fsp3) is 0.900. The zero-order chi connectivity index (χ0) is 12.8. The lowest BCUT2D eigenvalue weighted by Crippen LogP contribution is -2.33. The summed E-state index contributed by atoms with van der Waals surface area (Å²) in [5.41, 5.74) is -0.528. The fourth-order valence-corrected chi connectivity index (χ4v) is 1.81. The van der Waals surface area contributed by atoms with Gasteiger partial charge in [-0.3, -0.25) is 0 Å². The summed E-state index contributed by atoms with van der Waals surface area (Å²) in [7, 11) is -2.94. The van der Waals surface area contributed by atoms with Gasteiger partial charge in [0, 0.05) is 12.3 Å². The highest BCUT2D eigenvalue weighted by Crippen LogP contribution is 2.06. The van der Waals surface area contributed by atoms with E-state index >= 15 is 0 Å². The molecule has 0 aliphatic rings. The van der Waals surface area contributed by atoms with Crippen LogP contribution in [0.5, 0.6) is 0 Å². The van der Waals surface area contributed by atoms with Crippen LogP contribution in [0.2, 0.25) is 0 Å². The van der Waals surface area contributed by atoms with E-state index in [4.69, 9.17) is 4.74 Å². The molecule has 96 valence electrons. The van der Waals surface area contributed by atoms with Crippen LogP contribution in [0.15, 0.2) is 0 Å². The minimum atomic E-state index is -2.94. The molecule has 0 radical (unpaired) electrons. The summed E-state index contributed by atoms with van der Waals surface area (Å²) in [6, 6.07) is 0. The summed E-state index contributed by atoms with van der Waals surface area (Å²) in [5, 5.41) is 2.51. The van der Waals surface area contributed by atoms with Crippen LogP contribution in [-0.4, -0.2) is 38.2 Å². The number of nitrogens with one attached hydrogen (secondary N) is 1. The summed E-state index contributed by atoms with van der Waals surface area (Å²) in [5.74, 6) is 0.235. The maximum Gasteiger partial charge on any atom is 0.407 e. The first-order valence-electron chi connectivity index (χ1n) is 5.33. The molecule has 6 heteroatoms. The molecule has 0 aliphatic heterocycles. The van der Waals surface area contributed by atoms with Gasteiger partial charge in [-0.25, -0.2) is 13.2 Å². The number of amides is 1. The number of alkyl carbamates (subject to hydrolysis) is 1. The molecule has 0 aliphatic carbocycles. The Balaban J connectivity index is 3.72. The van der Waals surface area contributed by atoms with Gasteiger partial charge in [0.2, 0.25) is 0 Å². The van der Waals surface area contributed by atoms with Crippen molar-refractivity contribution in [3.8, 4) is 0 Å². The van der Waals surface area contributed by atoms with Crippen LogP contribution in [0.4, 0.5) is 4.79 Å². The Morgan fingerprint density at radius 3 is 2.31 bits per heavy atom. The molecular formula is C10H21NO4S. The summed E-state index contributed by atoms with van der Waals surface area (Å²) in [4.78, 5) is 11.2. The van der Waals surface area contributed by atoms with Crippen LogP contribution >= 0.6 is 0 Å². The third kappa shape index (κ3) is 8.52. The minimum absolute atomic E-state index is 0.0965. The molecule has 5 nitrogen and oxygen atoms in total. The Hall–Kier alpha value is -0.780. The molecule has 0 rings (SSSR count). The third-order valence-electron chi connectivity index (χ3n) is 1.74. The number of carbonyl (C=O) groups excluding carboxylic acids is 1. The van der Waals surface area contributed by atoms with Gasteiger partial charge in [0.1, 0.15) is 15.4 Å². The topological polar surface area (TPSA) is 72.5 Å². The van der Waals surface area contributed by atoms with E-state index in [0.717, 1.165) is 0 Å². The van der Waals surface area contributed by atoms with E-state index in [9.17, 15) is 13.2 Å². The average Bonchev–Trinajstić information content (AvgIpc) is 2.10. The fourth-order valence-electron chi connectivity index (χ4n) is 0.941. The summed E-state index contributed by atoms with van der Waals surface area (Å²) < 4.78 is 27.3. The van der Waals surface area contributed by atoms with Crippen molar-refractivity contribution in [3.63, 3.8) is 0 Å². The average molecular weight is 251 g/mol. The highest BCUT2D eigenvalue weighted by atomic mass is 32.2. The number of hydrogen-bond donors (Lipinski definition) is 1. The predicted octanol–water partition coefficient (Wildman–Crippen LogP) is 1.34. The molecule has 0 heterocycles. The van der Waals surface area contributed by atoms with Crippen molar-refractivity contribution >= 4 is 15.9 Å². The van der Waals surface area contributed by atoms with Gasteiger partial charge in [-0.15, -0.1) is 0 Å². The largest absolute Gasteiger partial charge is 0.444 e. The maximum absolute atomic E-state index is 11.2. The molecule has 0 fully saturated rings. The Labute approximate surface area is 97.5 Å². The molecule has 0 aromatic heterocycles. The number of ether oxygens (including phenoxy) is 1. The SMILES string of the molecule is CCS(=O)(=O)CCCNC(=O)OC(C)(C)C. The molecule has 0 atom stereocenters. The van der Waals surface area contributed by atoms with E-state index in [1.807, 2.05) is 0 Å². The van der Waals surface area contributed by atoms with Crippen LogP contribution in [0.25, 0.3) is 0 Å². The zero-order valence-corrected chi connectivity index (χ0v) is 11.2. The molecule has 1 amide bonds. The smallest absolute Gasteiger partial charge is 0.407 e.